The van der Waals surface area contributed by atoms with Gasteiger partial charge in [-0.15, -0.1) is 0 Å². The first-order valence-electron chi connectivity index (χ1n) is 10.0. The first-order chi connectivity index (χ1) is 14.9. The fourth-order valence-electron chi connectivity index (χ4n) is 3.66. The lowest BCUT2D eigenvalue weighted by Crippen LogP contribution is -2.45. The van der Waals surface area contributed by atoms with Gasteiger partial charge in [0.2, 0.25) is 15.9 Å². The van der Waals surface area contributed by atoms with Gasteiger partial charge in [0.05, 0.1) is 17.1 Å². The molecule has 0 bridgehead atoms. The van der Waals surface area contributed by atoms with E-state index >= 15 is 0 Å². The second-order valence-electron chi connectivity index (χ2n) is 7.51. The molecule has 31 heavy (non-hydrogen) atoms. The van der Waals surface area contributed by atoms with Crippen molar-refractivity contribution < 1.29 is 13.2 Å². The highest BCUT2D eigenvalue weighted by molar-refractivity contribution is 7.89. The predicted octanol–water partition coefficient (Wildman–Crippen LogP) is 3.24. The van der Waals surface area contributed by atoms with Crippen LogP contribution in [0.25, 0.3) is 5.69 Å². The molecule has 7 nitrogen and oxygen atoms in total. The van der Waals surface area contributed by atoms with Crippen molar-refractivity contribution in [2.24, 2.45) is 5.92 Å². The summed E-state index contributed by atoms with van der Waals surface area (Å²) in [6.45, 7) is 0.976. The number of carbonyl (C=O) groups is 1. The van der Waals surface area contributed by atoms with Crippen molar-refractivity contribution in [1.82, 2.24) is 19.2 Å². The highest BCUT2D eigenvalue weighted by atomic mass is 35.5. The van der Waals surface area contributed by atoms with Gasteiger partial charge in [-0.25, -0.2) is 13.4 Å². The van der Waals surface area contributed by atoms with Gasteiger partial charge in [0, 0.05) is 42.7 Å². The molecule has 2 heterocycles. The minimum absolute atomic E-state index is 0.130. The highest BCUT2D eigenvalue weighted by Crippen LogP contribution is 2.25. The zero-order chi connectivity index (χ0) is 21.8. The van der Waals surface area contributed by atoms with Crippen LogP contribution in [-0.4, -0.2) is 41.3 Å². The van der Waals surface area contributed by atoms with Crippen molar-refractivity contribution in [3.8, 4) is 5.69 Å². The Morgan fingerprint density at radius 3 is 2.55 bits per heavy atom. The van der Waals surface area contributed by atoms with E-state index < -0.39 is 10.0 Å². The summed E-state index contributed by atoms with van der Waals surface area (Å²) in [5.74, 6) is -0.504. The van der Waals surface area contributed by atoms with E-state index in [9.17, 15) is 13.2 Å². The lowest BCUT2D eigenvalue weighted by Gasteiger charge is -2.31. The van der Waals surface area contributed by atoms with Crippen LogP contribution in [0.4, 0.5) is 0 Å². The van der Waals surface area contributed by atoms with Gasteiger partial charge < -0.3 is 9.88 Å². The molecule has 4 rings (SSSR count). The first-order valence-corrected chi connectivity index (χ1v) is 11.9. The van der Waals surface area contributed by atoms with Crippen LogP contribution in [-0.2, 0) is 21.4 Å². The number of rotatable bonds is 6. The van der Waals surface area contributed by atoms with E-state index in [4.69, 9.17) is 11.6 Å². The number of benzene rings is 2. The average molecular weight is 459 g/mol. The molecule has 0 spiro atoms. The fraction of sp³-hybridized carbons (Fsp3) is 0.273. The van der Waals surface area contributed by atoms with Crippen LogP contribution in [0.5, 0.6) is 0 Å². The second kappa shape index (κ2) is 9.21. The van der Waals surface area contributed by atoms with Gasteiger partial charge in [-0.2, -0.15) is 4.31 Å². The molecular weight excluding hydrogens is 436 g/mol. The molecule has 1 aromatic heterocycles. The monoisotopic (exact) mass is 458 g/mol. The second-order valence-corrected chi connectivity index (χ2v) is 9.88. The van der Waals surface area contributed by atoms with E-state index in [-0.39, 0.29) is 23.3 Å². The van der Waals surface area contributed by atoms with Gasteiger partial charge in [0.15, 0.2) is 0 Å². The quantitative estimate of drug-likeness (QED) is 0.614. The molecule has 1 amide bonds. The number of carbonyl (C=O) groups excluding carboxylic acids is 1. The Labute approximate surface area is 186 Å². The average Bonchev–Trinajstić information content (AvgIpc) is 3.33. The summed E-state index contributed by atoms with van der Waals surface area (Å²) < 4.78 is 29.1. The Balaban J connectivity index is 1.36. The number of aromatic nitrogens is 2. The molecule has 162 valence electrons. The molecule has 2 aromatic carbocycles. The van der Waals surface area contributed by atoms with Crippen molar-refractivity contribution in [3.05, 3.63) is 77.8 Å². The molecule has 0 saturated carbocycles. The van der Waals surface area contributed by atoms with Crippen LogP contribution in [0.2, 0.25) is 5.02 Å². The van der Waals surface area contributed by atoms with Gasteiger partial charge in [0.1, 0.15) is 0 Å². The summed E-state index contributed by atoms with van der Waals surface area (Å²) in [6, 6.07) is 13.9. The van der Waals surface area contributed by atoms with Gasteiger partial charge in [-0.05, 0) is 54.8 Å². The third-order valence-corrected chi connectivity index (χ3v) is 7.54. The van der Waals surface area contributed by atoms with Crippen LogP contribution >= 0.6 is 11.6 Å². The van der Waals surface area contributed by atoms with Gasteiger partial charge in [0.25, 0.3) is 0 Å². The third-order valence-electron chi connectivity index (χ3n) is 5.41. The third kappa shape index (κ3) is 4.98. The number of amides is 1. The summed E-state index contributed by atoms with van der Waals surface area (Å²) in [5, 5.41) is 3.42. The van der Waals surface area contributed by atoms with Crippen molar-refractivity contribution >= 4 is 27.5 Å². The Morgan fingerprint density at radius 2 is 1.87 bits per heavy atom. The van der Waals surface area contributed by atoms with E-state index in [0.717, 1.165) is 11.3 Å². The zero-order valence-corrected chi connectivity index (χ0v) is 18.4. The normalized spacial score (nSPS) is 17.4. The lowest BCUT2D eigenvalue weighted by molar-refractivity contribution is -0.126. The number of sulfonamides is 1. The molecule has 1 atom stereocenters. The van der Waals surface area contributed by atoms with Crippen LogP contribution in [0.3, 0.4) is 0 Å². The van der Waals surface area contributed by atoms with Crippen molar-refractivity contribution in [2.75, 3.05) is 13.1 Å². The summed E-state index contributed by atoms with van der Waals surface area (Å²) in [4.78, 5) is 16.9. The molecule has 0 unspecified atom stereocenters. The predicted molar refractivity (Wildman–Crippen MR) is 118 cm³/mol. The Kier molecular flexibility index (Phi) is 6.41. The molecule has 1 N–H and O–H groups in total. The summed E-state index contributed by atoms with van der Waals surface area (Å²) in [6.07, 6.45) is 6.62. The Bertz CT molecular complexity index is 1130. The van der Waals surface area contributed by atoms with E-state index in [2.05, 4.69) is 10.3 Å². The minimum Gasteiger partial charge on any atom is -0.352 e. The molecule has 1 saturated heterocycles. The standard InChI is InChI=1S/C22H23ClN4O3S/c23-19-5-9-21(10-6-19)31(29,30)27-12-1-2-18(15-27)22(28)25-14-17-3-7-20(8-4-17)26-13-11-24-16-26/h3-11,13,16,18H,1-2,12,14-15H2,(H,25,28)/t18-/m1/s1. The van der Waals surface area contributed by atoms with E-state index in [1.54, 1.807) is 24.7 Å². The van der Waals surface area contributed by atoms with Crippen molar-refractivity contribution in [1.29, 1.82) is 0 Å². The molecule has 3 aromatic rings. The van der Waals surface area contributed by atoms with E-state index in [1.165, 1.54) is 16.4 Å². The molecular formula is C22H23ClN4O3S. The number of hydrogen-bond acceptors (Lipinski definition) is 4. The molecule has 0 aliphatic carbocycles. The zero-order valence-electron chi connectivity index (χ0n) is 16.8. The van der Waals surface area contributed by atoms with Crippen LogP contribution in [0.1, 0.15) is 18.4 Å². The number of nitrogens with zero attached hydrogens (tertiary/aromatic N) is 3. The SMILES string of the molecule is O=C(NCc1ccc(-n2ccnc2)cc1)[C@@H]1CCCN(S(=O)(=O)c2ccc(Cl)cc2)C1. The summed E-state index contributed by atoms with van der Waals surface area (Å²) in [5.41, 5.74) is 1.96. The lowest BCUT2D eigenvalue weighted by atomic mass is 9.99. The number of hydrogen-bond donors (Lipinski definition) is 1. The van der Waals surface area contributed by atoms with Crippen molar-refractivity contribution in [2.45, 2.75) is 24.3 Å². The smallest absolute Gasteiger partial charge is 0.243 e. The van der Waals surface area contributed by atoms with Gasteiger partial charge in [-0.3, -0.25) is 4.79 Å². The molecule has 0 radical (unpaired) electrons. The summed E-state index contributed by atoms with van der Waals surface area (Å²) >= 11 is 5.87. The Morgan fingerprint density at radius 1 is 1.13 bits per heavy atom. The van der Waals surface area contributed by atoms with Crippen LogP contribution in [0.15, 0.2) is 72.1 Å². The summed E-state index contributed by atoms with van der Waals surface area (Å²) in [7, 11) is -3.65. The maximum absolute atomic E-state index is 12.9. The van der Waals surface area contributed by atoms with Crippen molar-refractivity contribution in [3.63, 3.8) is 0 Å². The Hall–Kier alpha value is -2.68. The topological polar surface area (TPSA) is 84.3 Å². The molecule has 1 aliphatic rings. The fourth-order valence-corrected chi connectivity index (χ4v) is 5.31. The first kappa shape index (κ1) is 21.5. The van der Waals surface area contributed by atoms with Gasteiger partial charge >= 0.3 is 0 Å². The number of nitrogens with one attached hydrogen (secondary N) is 1. The number of imidazole rings is 1. The number of piperidine rings is 1. The molecule has 1 fully saturated rings. The maximum Gasteiger partial charge on any atom is 0.243 e. The highest BCUT2D eigenvalue weighted by Gasteiger charge is 2.33. The largest absolute Gasteiger partial charge is 0.352 e. The van der Waals surface area contributed by atoms with Crippen LogP contribution in [0, 0.1) is 5.92 Å². The minimum atomic E-state index is -3.65. The van der Waals surface area contributed by atoms with Crippen LogP contribution < -0.4 is 5.32 Å². The molecule has 1 aliphatic heterocycles. The maximum atomic E-state index is 12.9. The van der Waals surface area contributed by atoms with E-state index in [1.807, 2.05) is 35.0 Å². The molecule has 9 heteroatoms. The van der Waals surface area contributed by atoms with E-state index in [0.29, 0.717) is 31.0 Å². The van der Waals surface area contributed by atoms with Gasteiger partial charge in [-0.1, -0.05) is 23.7 Å². The number of halogens is 1.